The van der Waals surface area contributed by atoms with E-state index in [0.29, 0.717) is 30.1 Å². The number of carbonyl (C=O) groups is 2. The van der Waals surface area contributed by atoms with Gasteiger partial charge in [-0.2, -0.15) is 0 Å². The summed E-state index contributed by atoms with van der Waals surface area (Å²) >= 11 is 0. The third kappa shape index (κ3) is 3.74. The van der Waals surface area contributed by atoms with Crippen LogP contribution >= 0.6 is 0 Å². The molecule has 1 aromatic carbocycles. The van der Waals surface area contributed by atoms with E-state index in [0.717, 1.165) is 25.8 Å². The van der Waals surface area contributed by atoms with Crippen LogP contribution in [0.3, 0.4) is 0 Å². The number of amides is 2. The van der Waals surface area contributed by atoms with E-state index < -0.39 is 0 Å². The number of piperidine rings is 1. The van der Waals surface area contributed by atoms with Gasteiger partial charge in [0.25, 0.3) is 5.91 Å². The molecule has 28 heavy (non-hydrogen) atoms. The van der Waals surface area contributed by atoms with Crippen LogP contribution in [-0.4, -0.2) is 56.6 Å². The number of rotatable bonds is 5. The Kier molecular flexibility index (Phi) is 4.82. The molecule has 0 radical (unpaired) electrons. The molecule has 9 heteroatoms. The summed E-state index contributed by atoms with van der Waals surface area (Å²) in [5, 5.41) is 13.9. The number of aromatic nitrogens is 4. The van der Waals surface area contributed by atoms with E-state index in [-0.39, 0.29) is 29.6 Å². The Bertz CT molecular complexity index is 887. The van der Waals surface area contributed by atoms with Crippen molar-refractivity contribution in [1.82, 2.24) is 30.4 Å². The quantitative estimate of drug-likeness (QED) is 0.833. The first-order chi connectivity index (χ1) is 13.4. The lowest BCUT2D eigenvalue weighted by molar-refractivity contribution is -0.135. The zero-order valence-corrected chi connectivity index (χ0v) is 15.8. The van der Waals surface area contributed by atoms with Gasteiger partial charge in [0.1, 0.15) is 18.7 Å². The monoisotopic (exact) mass is 386 g/mol. The lowest BCUT2D eigenvalue weighted by atomic mass is 9.81. The van der Waals surface area contributed by atoms with Crippen LogP contribution in [0.25, 0.3) is 0 Å². The first-order valence-electron chi connectivity index (χ1n) is 9.47. The molecule has 1 aromatic heterocycles. The summed E-state index contributed by atoms with van der Waals surface area (Å²) in [6.45, 7) is 3.72. The molecule has 2 heterocycles. The maximum atomic E-state index is 13.3. The summed E-state index contributed by atoms with van der Waals surface area (Å²) in [5.74, 6) is -0.109. The zero-order valence-electron chi connectivity index (χ0n) is 15.8. The molecule has 1 N–H and O–H groups in total. The van der Waals surface area contributed by atoms with Gasteiger partial charge in [0.2, 0.25) is 5.91 Å². The highest BCUT2D eigenvalue weighted by molar-refractivity contribution is 5.95. The lowest BCUT2D eigenvalue weighted by Crippen LogP contribution is -2.51. The standard InChI is InChI=1S/C19H23FN6O2/c1-13-6-15(20)2-3-16(13)18(28)21-10-19-5-4-14(7-19)8-25(11-19)17(27)9-26-12-22-23-24-26/h2-3,6,12,14H,4-5,7-11H2,1H3,(H,21,28). The number of nitrogens with zero attached hydrogens (tertiary/aromatic N) is 5. The SMILES string of the molecule is Cc1cc(F)ccc1C(=O)NCC12CCC(CN(C(=O)Cn3cnnn3)C1)C2. The molecule has 2 unspecified atom stereocenters. The van der Waals surface area contributed by atoms with Gasteiger partial charge in [-0.25, -0.2) is 9.07 Å². The number of benzene rings is 1. The van der Waals surface area contributed by atoms with Crippen molar-refractivity contribution in [2.45, 2.75) is 32.7 Å². The Morgan fingerprint density at radius 3 is 3.00 bits per heavy atom. The van der Waals surface area contributed by atoms with E-state index in [1.165, 1.54) is 29.2 Å². The number of likely N-dealkylation sites (tertiary alicyclic amines) is 1. The van der Waals surface area contributed by atoms with Crippen LogP contribution in [0.4, 0.5) is 4.39 Å². The van der Waals surface area contributed by atoms with Gasteiger partial charge in [-0.3, -0.25) is 9.59 Å². The Labute approximate surface area is 162 Å². The molecular formula is C19H23FN6O2. The van der Waals surface area contributed by atoms with Crippen LogP contribution in [0.15, 0.2) is 24.5 Å². The van der Waals surface area contributed by atoms with Gasteiger partial charge in [0.05, 0.1) is 0 Å². The summed E-state index contributed by atoms with van der Waals surface area (Å²) in [5.41, 5.74) is 0.985. The Morgan fingerprint density at radius 1 is 1.39 bits per heavy atom. The van der Waals surface area contributed by atoms with Gasteiger partial charge in [-0.1, -0.05) is 0 Å². The third-order valence-corrected chi connectivity index (χ3v) is 5.91. The molecule has 4 rings (SSSR count). The van der Waals surface area contributed by atoms with E-state index in [1.807, 2.05) is 4.90 Å². The second-order valence-electron chi connectivity index (χ2n) is 8.03. The molecule has 148 valence electrons. The van der Waals surface area contributed by atoms with Crippen LogP contribution in [0, 0.1) is 24.1 Å². The number of halogens is 1. The fourth-order valence-corrected chi connectivity index (χ4v) is 4.55. The van der Waals surface area contributed by atoms with Gasteiger partial charge in [0.15, 0.2) is 0 Å². The number of aryl methyl sites for hydroxylation is 1. The van der Waals surface area contributed by atoms with Crippen molar-refractivity contribution in [3.8, 4) is 0 Å². The molecule has 2 fully saturated rings. The Hall–Kier alpha value is -2.84. The van der Waals surface area contributed by atoms with Crippen molar-refractivity contribution in [2.24, 2.45) is 11.3 Å². The number of carbonyl (C=O) groups excluding carboxylic acids is 2. The lowest BCUT2D eigenvalue weighted by Gasteiger charge is -2.40. The number of hydrogen-bond donors (Lipinski definition) is 1. The summed E-state index contributed by atoms with van der Waals surface area (Å²) in [6, 6.07) is 4.17. The van der Waals surface area contributed by atoms with Crippen LogP contribution in [-0.2, 0) is 11.3 Å². The molecule has 2 aliphatic rings. The minimum atomic E-state index is -0.352. The van der Waals surface area contributed by atoms with Gasteiger partial charge in [-0.15, -0.1) is 5.10 Å². The predicted molar refractivity (Wildman–Crippen MR) is 97.6 cm³/mol. The molecule has 1 aliphatic heterocycles. The first-order valence-corrected chi connectivity index (χ1v) is 9.47. The van der Waals surface area contributed by atoms with Crippen LogP contribution < -0.4 is 5.32 Å². The van der Waals surface area contributed by atoms with Gasteiger partial charge < -0.3 is 10.2 Å². The molecule has 1 saturated heterocycles. The fraction of sp³-hybridized carbons (Fsp3) is 0.526. The molecule has 1 saturated carbocycles. The highest BCUT2D eigenvalue weighted by Gasteiger charge is 2.46. The van der Waals surface area contributed by atoms with Crippen LogP contribution in [0.2, 0.25) is 0 Å². The van der Waals surface area contributed by atoms with E-state index in [1.54, 1.807) is 6.92 Å². The molecule has 2 aromatic rings. The number of nitrogens with one attached hydrogen (secondary N) is 1. The summed E-state index contributed by atoms with van der Waals surface area (Å²) in [7, 11) is 0. The summed E-state index contributed by atoms with van der Waals surface area (Å²) < 4.78 is 14.7. The Morgan fingerprint density at radius 2 is 2.25 bits per heavy atom. The van der Waals surface area contributed by atoms with Gasteiger partial charge in [0, 0.05) is 30.6 Å². The largest absolute Gasteiger partial charge is 0.351 e. The Balaban J connectivity index is 1.40. The second kappa shape index (κ2) is 7.29. The number of hydrogen-bond acceptors (Lipinski definition) is 5. The third-order valence-electron chi connectivity index (χ3n) is 5.91. The second-order valence-corrected chi connectivity index (χ2v) is 8.03. The van der Waals surface area contributed by atoms with Crippen molar-refractivity contribution >= 4 is 11.8 Å². The molecular weight excluding hydrogens is 363 g/mol. The van der Waals surface area contributed by atoms with Crippen molar-refractivity contribution in [1.29, 1.82) is 0 Å². The minimum Gasteiger partial charge on any atom is -0.351 e. The van der Waals surface area contributed by atoms with E-state index >= 15 is 0 Å². The smallest absolute Gasteiger partial charge is 0.251 e. The zero-order chi connectivity index (χ0) is 19.7. The normalized spacial score (nSPS) is 23.6. The molecule has 0 spiro atoms. The fourth-order valence-electron chi connectivity index (χ4n) is 4.55. The maximum Gasteiger partial charge on any atom is 0.251 e. The highest BCUT2D eigenvalue weighted by Crippen LogP contribution is 2.46. The molecule has 2 amide bonds. The summed E-state index contributed by atoms with van der Waals surface area (Å²) in [6.07, 6.45) is 4.47. The maximum absolute atomic E-state index is 13.3. The van der Waals surface area contributed by atoms with Crippen molar-refractivity contribution in [3.63, 3.8) is 0 Å². The van der Waals surface area contributed by atoms with E-state index in [4.69, 9.17) is 0 Å². The topological polar surface area (TPSA) is 93.0 Å². The number of fused-ring (bicyclic) bond motifs is 2. The van der Waals surface area contributed by atoms with Crippen LogP contribution in [0.1, 0.15) is 35.2 Å². The summed E-state index contributed by atoms with van der Waals surface area (Å²) in [4.78, 5) is 27.1. The molecule has 2 atom stereocenters. The van der Waals surface area contributed by atoms with E-state index in [2.05, 4.69) is 20.8 Å². The average Bonchev–Trinajstić information content (AvgIpc) is 3.27. The van der Waals surface area contributed by atoms with Crippen molar-refractivity contribution in [2.75, 3.05) is 19.6 Å². The van der Waals surface area contributed by atoms with Gasteiger partial charge >= 0.3 is 0 Å². The molecule has 2 bridgehead atoms. The van der Waals surface area contributed by atoms with Gasteiger partial charge in [-0.05, 0) is 66.3 Å². The molecule has 8 nitrogen and oxygen atoms in total. The predicted octanol–water partition coefficient (Wildman–Crippen LogP) is 1.18. The van der Waals surface area contributed by atoms with E-state index in [9.17, 15) is 14.0 Å². The minimum absolute atomic E-state index is 0.0102. The molecule has 1 aliphatic carbocycles. The van der Waals surface area contributed by atoms with Crippen molar-refractivity contribution < 1.29 is 14.0 Å². The highest BCUT2D eigenvalue weighted by atomic mass is 19.1. The first kappa shape index (κ1) is 18.5. The van der Waals surface area contributed by atoms with Crippen molar-refractivity contribution in [3.05, 3.63) is 41.5 Å². The number of tetrazole rings is 1. The average molecular weight is 386 g/mol. The van der Waals surface area contributed by atoms with Crippen LogP contribution in [0.5, 0.6) is 0 Å².